The number of carbonyl (C=O) groups is 2. The highest BCUT2D eigenvalue weighted by Crippen LogP contribution is 2.40. The Bertz CT molecular complexity index is 1360. The Morgan fingerprint density at radius 1 is 0.714 bits per heavy atom. The number of carbonyl (C=O) groups excluding carboxylic acids is 2. The molecule has 0 saturated heterocycles. The molecule has 2 rings (SSSR count). The van der Waals surface area contributed by atoms with Gasteiger partial charge in [-0.05, 0) is 81.1 Å². The second-order valence-electron chi connectivity index (χ2n) is 13.2. The molecule has 0 aromatic carbocycles. The van der Waals surface area contributed by atoms with Gasteiger partial charge in [-0.25, -0.2) is 0 Å². The fourth-order valence-corrected chi connectivity index (χ4v) is 5.28. The number of ketones is 2. The Morgan fingerprint density at radius 2 is 1.19 bits per heavy atom. The van der Waals surface area contributed by atoms with Gasteiger partial charge in [-0.3, -0.25) is 9.59 Å². The summed E-state index contributed by atoms with van der Waals surface area (Å²) in [4.78, 5) is 24.3. The Hall–Kier alpha value is -3.52. The van der Waals surface area contributed by atoms with Crippen LogP contribution in [0.15, 0.2) is 130 Å². The van der Waals surface area contributed by atoms with Crippen LogP contribution in [0.2, 0.25) is 0 Å². The van der Waals surface area contributed by atoms with Crippen LogP contribution in [0.3, 0.4) is 0 Å². The molecule has 0 fully saturated rings. The number of hydrogen-bond donors (Lipinski definition) is 0. The lowest BCUT2D eigenvalue weighted by molar-refractivity contribution is -0.119. The van der Waals surface area contributed by atoms with E-state index < -0.39 is 0 Å². The van der Waals surface area contributed by atoms with Crippen LogP contribution in [0.25, 0.3) is 0 Å². The standard InChI is InChI=1S/C40H52O2/c1-29(17-13-19-31(3)21-23-35-27-38(42)33(5)28-40(35,9)10)15-11-12-16-30(2)18-14-20-32(4)22-24-36-34(6)37(41)25-26-39(36,7)8/h11-24,27,33H,25-26,28H2,1-10H3/b12-11+,17-13+,18-14+,23-21+,24-22+,29-15+,30-16+,31-19+,32-20+/t33-/m0/s1. The lowest BCUT2D eigenvalue weighted by Crippen LogP contribution is -2.27. The van der Waals surface area contributed by atoms with Crippen molar-refractivity contribution in [3.63, 3.8) is 0 Å². The third-order valence-corrected chi connectivity index (χ3v) is 8.21. The molecule has 0 spiro atoms. The zero-order valence-corrected chi connectivity index (χ0v) is 27.7. The second-order valence-corrected chi connectivity index (χ2v) is 13.2. The van der Waals surface area contributed by atoms with Crippen LogP contribution in [-0.2, 0) is 9.59 Å². The molecule has 42 heavy (non-hydrogen) atoms. The molecule has 0 aromatic heterocycles. The first kappa shape index (κ1) is 34.7. The molecule has 0 unspecified atom stereocenters. The summed E-state index contributed by atoms with van der Waals surface area (Å²) in [6.07, 6.45) is 33.5. The number of Topliss-reactive ketones (excluding diaryl/α,β-unsaturated/α-hetero) is 1. The topological polar surface area (TPSA) is 34.1 Å². The van der Waals surface area contributed by atoms with Crippen LogP contribution in [-0.4, -0.2) is 11.6 Å². The first-order valence-corrected chi connectivity index (χ1v) is 15.2. The van der Waals surface area contributed by atoms with E-state index in [1.54, 1.807) is 0 Å². The van der Waals surface area contributed by atoms with Crippen LogP contribution in [0.1, 0.15) is 88.5 Å². The molecular formula is C40H52O2. The minimum Gasteiger partial charge on any atom is -0.295 e. The summed E-state index contributed by atoms with van der Waals surface area (Å²) in [5, 5.41) is 0. The van der Waals surface area contributed by atoms with E-state index >= 15 is 0 Å². The van der Waals surface area contributed by atoms with Crippen LogP contribution in [0, 0.1) is 16.7 Å². The van der Waals surface area contributed by atoms with Crippen molar-refractivity contribution in [1.29, 1.82) is 0 Å². The molecule has 1 atom stereocenters. The van der Waals surface area contributed by atoms with Gasteiger partial charge in [-0.1, -0.05) is 142 Å². The van der Waals surface area contributed by atoms with Crippen molar-refractivity contribution >= 4 is 11.6 Å². The van der Waals surface area contributed by atoms with Crippen LogP contribution in [0.4, 0.5) is 0 Å². The first-order chi connectivity index (χ1) is 19.6. The predicted molar refractivity (Wildman–Crippen MR) is 182 cm³/mol. The lowest BCUT2D eigenvalue weighted by atomic mass is 9.71. The zero-order valence-electron chi connectivity index (χ0n) is 27.7. The zero-order chi connectivity index (χ0) is 31.5. The van der Waals surface area contributed by atoms with E-state index in [-0.39, 0.29) is 28.3 Å². The van der Waals surface area contributed by atoms with E-state index in [1.165, 1.54) is 0 Å². The molecule has 224 valence electrons. The van der Waals surface area contributed by atoms with Crippen LogP contribution >= 0.6 is 0 Å². The summed E-state index contributed by atoms with van der Waals surface area (Å²) >= 11 is 0. The van der Waals surface area contributed by atoms with Gasteiger partial charge in [0.2, 0.25) is 0 Å². The van der Waals surface area contributed by atoms with E-state index in [0.29, 0.717) is 6.42 Å². The Labute approximate surface area is 256 Å². The fourth-order valence-electron chi connectivity index (χ4n) is 5.28. The monoisotopic (exact) mass is 564 g/mol. The number of rotatable bonds is 10. The van der Waals surface area contributed by atoms with Gasteiger partial charge in [0.15, 0.2) is 11.6 Å². The molecule has 0 aromatic rings. The normalized spacial score (nSPS) is 23.1. The van der Waals surface area contributed by atoms with Crippen LogP contribution < -0.4 is 0 Å². The summed E-state index contributed by atoms with van der Waals surface area (Å²) < 4.78 is 0. The van der Waals surface area contributed by atoms with Crippen molar-refractivity contribution < 1.29 is 9.59 Å². The molecular weight excluding hydrogens is 512 g/mol. The fraction of sp³-hybridized carbons (Fsp3) is 0.400. The maximum atomic E-state index is 12.1. The highest BCUT2D eigenvalue weighted by Gasteiger charge is 2.32. The lowest BCUT2D eigenvalue weighted by Gasteiger charge is -2.32. The van der Waals surface area contributed by atoms with Crippen LogP contribution in [0.5, 0.6) is 0 Å². The average Bonchev–Trinajstić information content (AvgIpc) is 2.90. The Kier molecular flexibility index (Phi) is 12.9. The van der Waals surface area contributed by atoms with E-state index in [2.05, 4.69) is 140 Å². The summed E-state index contributed by atoms with van der Waals surface area (Å²) in [6, 6.07) is 0. The van der Waals surface area contributed by atoms with E-state index in [9.17, 15) is 9.59 Å². The number of allylic oxidation sites excluding steroid dienone is 22. The van der Waals surface area contributed by atoms with Crippen molar-refractivity contribution in [3.8, 4) is 0 Å². The predicted octanol–water partition coefficient (Wildman–Crippen LogP) is 10.8. The molecule has 2 nitrogen and oxygen atoms in total. The molecule has 0 N–H and O–H groups in total. The second kappa shape index (κ2) is 15.6. The molecule has 0 bridgehead atoms. The van der Waals surface area contributed by atoms with Gasteiger partial charge in [0.25, 0.3) is 0 Å². The largest absolute Gasteiger partial charge is 0.295 e. The van der Waals surface area contributed by atoms with E-state index in [0.717, 1.165) is 51.9 Å². The maximum absolute atomic E-state index is 12.1. The Balaban J connectivity index is 1.91. The molecule has 2 aliphatic rings. The molecule has 2 heteroatoms. The van der Waals surface area contributed by atoms with Gasteiger partial charge >= 0.3 is 0 Å². The number of hydrogen-bond acceptors (Lipinski definition) is 2. The summed E-state index contributed by atoms with van der Waals surface area (Å²) in [5.74, 6) is 0.605. The van der Waals surface area contributed by atoms with Gasteiger partial charge in [0, 0.05) is 12.3 Å². The van der Waals surface area contributed by atoms with Gasteiger partial charge < -0.3 is 0 Å². The van der Waals surface area contributed by atoms with Gasteiger partial charge in [-0.15, -0.1) is 0 Å². The summed E-state index contributed by atoms with van der Waals surface area (Å²) in [6.45, 7) is 21.2. The average molecular weight is 565 g/mol. The van der Waals surface area contributed by atoms with Crippen molar-refractivity contribution in [2.24, 2.45) is 16.7 Å². The molecule has 2 aliphatic carbocycles. The molecule has 0 heterocycles. The van der Waals surface area contributed by atoms with Crippen molar-refractivity contribution in [3.05, 3.63) is 130 Å². The summed E-state index contributed by atoms with van der Waals surface area (Å²) in [5.41, 5.74) is 7.84. The van der Waals surface area contributed by atoms with Crippen molar-refractivity contribution in [2.45, 2.75) is 88.5 Å². The molecule has 0 amide bonds. The van der Waals surface area contributed by atoms with Gasteiger partial charge in [0.05, 0.1) is 0 Å². The third kappa shape index (κ3) is 11.0. The highest BCUT2D eigenvalue weighted by molar-refractivity contribution is 5.97. The van der Waals surface area contributed by atoms with Gasteiger partial charge in [0.1, 0.15) is 0 Å². The maximum Gasteiger partial charge on any atom is 0.158 e. The van der Waals surface area contributed by atoms with Crippen molar-refractivity contribution in [2.75, 3.05) is 0 Å². The molecule has 0 aliphatic heterocycles. The SMILES string of the molecule is CC1=C(/C=C/C(C)=C/C=C/C(C)=C/C=C/C=C(C)/C=C/C=C(C)/C=C/C2=CC(=O)[C@@H](C)CC2(C)C)C(C)(C)CCC1=O. The minimum absolute atomic E-state index is 0.0219. The smallest absolute Gasteiger partial charge is 0.158 e. The first-order valence-electron chi connectivity index (χ1n) is 15.2. The van der Waals surface area contributed by atoms with Gasteiger partial charge in [-0.2, -0.15) is 0 Å². The van der Waals surface area contributed by atoms with E-state index in [1.807, 2.05) is 19.9 Å². The quantitative estimate of drug-likeness (QED) is 0.247. The minimum atomic E-state index is 0.0219. The third-order valence-electron chi connectivity index (χ3n) is 8.21. The van der Waals surface area contributed by atoms with E-state index in [4.69, 9.17) is 0 Å². The highest BCUT2D eigenvalue weighted by atomic mass is 16.1. The molecule has 0 saturated carbocycles. The summed E-state index contributed by atoms with van der Waals surface area (Å²) in [7, 11) is 0. The van der Waals surface area contributed by atoms with Crippen molar-refractivity contribution in [1.82, 2.24) is 0 Å². The Morgan fingerprint density at radius 3 is 1.74 bits per heavy atom. The molecule has 0 radical (unpaired) electrons.